The summed E-state index contributed by atoms with van der Waals surface area (Å²) in [6, 6.07) is -3.05. The molecule has 0 saturated heterocycles. The molecule has 0 spiro atoms. The van der Waals surface area contributed by atoms with Crippen LogP contribution in [0.15, 0.2) is 0 Å². The fourth-order valence-electron chi connectivity index (χ4n) is 2.52. The van der Waals surface area contributed by atoms with Crippen LogP contribution in [0.3, 0.4) is 0 Å². The van der Waals surface area contributed by atoms with Crippen LogP contribution in [0.4, 0.5) is 0 Å². The summed E-state index contributed by atoms with van der Waals surface area (Å²) in [7, 11) is 0. The van der Waals surface area contributed by atoms with Gasteiger partial charge in [-0.3, -0.25) is 24.0 Å². The van der Waals surface area contributed by atoms with Crippen LogP contribution in [0.2, 0.25) is 0 Å². The van der Waals surface area contributed by atoms with E-state index in [0.717, 1.165) is 0 Å². The van der Waals surface area contributed by atoms with Crippen molar-refractivity contribution in [2.75, 3.05) is 6.54 Å². The van der Waals surface area contributed by atoms with E-state index in [2.05, 4.69) is 16.0 Å². The summed E-state index contributed by atoms with van der Waals surface area (Å²) < 4.78 is 5.13. The smallest absolute Gasteiger partial charge is 0.308 e. The van der Waals surface area contributed by atoms with E-state index in [1.54, 1.807) is 48.5 Å². The fourth-order valence-corrected chi connectivity index (χ4v) is 2.52. The first-order valence-electron chi connectivity index (χ1n) is 10.2. The lowest BCUT2D eigenvalue weighted by molar-refractivity contribution is -0.156. The minimum atomic E-state index is -1.20. The number of esters is 1. The summed E-state index contributed by atoms with van der Waals surface area (Å²) in [5, 5.41) is 7.36. The van der Waals surface area contributed by atoms with Gasteiger partial charge in [-0.1, -0.05) is 27.7 Å². The first kappa shape index (κ1) is 28.3. The van der Waals surface area contributed by atoms with E-state index in [0.29, 0.717) is 0 Å². The van der Waals surface area contributed by atoms with Gasteiger partial charge in [0.05, 0.1) is 19.0 Å². The number of nitrogens with two attached hydrogens (primary N) is 2. The topological polar surface area (TPSA) is 183 Å². The summed E-state index contributed by atoms with van der Waals surface area (Å²) in [5.41, 5.74) is 10.3. The molecular weight excluding hydrogens is 406 g/mol. The molecule has 31 heavy (non-hydrogen) atoms. The Labute approximate surface area is 183 Å². The summed E-state index contributed by atoms with van der Waals surface area (Å²) in [5.74, 6) is -3.75. The third-order valence-electron chi connectivity index (χ3n) is 4.10. The Morgan fingerprint density at radius 3 is 1.81 bits per heavy atom. The van der Waals surface area contributed by atoms with Gasteiger partial charge in [0.2, 0.25) is 23.6 Å². The molecule has 0 aliphatic rings. The number of carbonyl (C=O) groups excluding carboxylic acids is 5. The van der Waals surface area contributed by atoms with Gasteiger partial charge < -0.3 is 32.2 Å². The molecule has 0 bridgehead atoms. The van der Waals surface area contributed by atoms with Crippen molar-refractivity contribution in [1.29, 1.82) is 0 Å². The van der Waals surface area contributed by atoms with Gasteiger partial charge in [-0.15, -0.1) is 0 Å². The van der Waals surface area contributed by atoms with Gasteiger partial charge in [-0.25, -0.2) is 0 Å². The van der Waals surface area contributed by atoms with Crippen LogP contribution < -0.4 is 27.4 Å². The maximum atomic E-state index is 12.5. The summed E-state index contributed by atoms with van der Waals surface area (Å²) in [4.78, 5) is 60.1. The maximum absolute atomic E-state index is 12.5. The molecule has 11 heteroatoms. The van der Waals surface area contributed by atoms with E-state index in [1.165, 1.54) is 0 Å². The van der Waals surface area contributed by atoms with Crippen molar-refractivity contribution in [3.05, 3.63) is 0 Å². The van der Waals surface area contributed by atoms with Crippen LogP contribution in [-0.2, 0) is 28.7 Å². The number of hydrogen-bond donors (Lipinski definition) is 5. The minimum Gasteiger partial charge on any atom is -0.460 e. The van der Waals surface area contributed by atoms with Gasteiger partial charge in [0, 0.05) is 0 Å². The van der Waals surface area contributed by atoms with Crippen molar-refractivity contribution in [2.45, 2.75) is 78.6 Å². The van der Waals surface area contributed by atoms with E-state index in [-0.39, 0.29) is 18.3 Å². The van der Waals surface area contributed by atoms with E-state index in [9.17, 15) is 24.0 Å². The highest BCUT2D eigenvalue weighted by molar-refractivity contribution is 5.94. The Morgan fingerprint density at radius 2 is 1.39 bits per heavy atom. The lowest BCUT2D eigenvalue weighted by atomic mass is 10.0. The number of rotatable bonds is 11. The molecule has 0 unspecified atom stereocenters. The highest BCUT2D eigenvalue weighted by Crippen LogP contribution is 2.09. The van der Waals surface area contributed by atoms with Crippen LogP contribution in [0, 0.1) is 11.8 Å². The van der Waals surface area contributed by atoms with Crippen molar-refractivity contribution in [1.82, 2.24) is 16.0 Å². The molecule has 3 atom stereocenters. The Morgan fingerprint density at radius 1 is 0.871 bits per heavy atom. The Balaban J connectivity index is 4.84. The van der Waals surface area contributed by atoms with Crippen LogP contribution in [0.1, 0.15) is 54.9 Å². The third-order valence-corrected chi connectivity index (χ3v) is 4.10. The van der Waals surface area contributed by atoms with Gasteiger partial charge in [0.1, 0.15) is 17.7 Å². The Hall–Kier alpha value is -2.69. The largest absolute Gasteiger partial charge is 0.460 e. The average molecular weight is 444 g/mol. The lowest BCUT2D eigenvalue weighted by Crippen LogP contribution is -2.56. The monoisotopic (exact) mass is 443 g/mol. The van der Waals surface area contributed by atoms with Gasteiger partial charge >= 0.3 is 5.97 Å². The van der Waals surface area contributed by atoms with Gasteiger partial charge in [-0.05, 0) is 32.6 Å². The fraction of sp³-hybridized carbons (Fsp3) is 0.750. The normalized spacial score (nSPS) is 14.4. The highest BCUT2D eigenvalue weighted by Gasteiger charge is 2.29. The molecule has 0 aliphatic heterocycles. The van der Waals surface area contributed by atoms with Crippen molar-refractivity contribution >= 4 is 29.6 Å². The first-order valence-corrected chi connectivity index (χ1v) is 10.2. The lowest BCUT2D eigenvalue weighted by Gasteiger charge is -2.24. The van der Waals surface area contributed by atoms with E-state index in [4.69, 9.17) is 16.2 Å². The Kier molecular flexibility index (Phi) is 11.2. The van der Waals surface area contributed by atoms with E-state index < -0.39 is 59.9 Å². The quantitative estimate of drug-likeness (QED) is 0.252. The number of amides is 4. The molecule has 0 fully saturated rings. The van der Waals surface area contributed by atoms with E-state index >= 15 is 0 Å². The van der Waals surface area contributed by atoms with Crippen LogP contribution >= 0.6 is 0 Å². The second-order valence-corrected chi connectivity index (χ2v) is 9.04. The van der Waals surface area contributed by atoms with Crippen LogP contribution in [0.5, 0.6) is 0 Å². The third kappa shape index (κ3) is 11.3. The first-order chi connectivity index (χ1) is 14.0. The SMILES string of the molecule is CC(C)[C@H](NC(=O)CNC(=O)[C@@H](NC(=O)[C@@H](N)CC(=O)OC(C)(C)C)C(C)C)C(N)=O. The number of nitrogens with one attached hydrogen (secondary N) is 3. The second-order valence-electron chi connectivity index (χ2n) is 9.04. The number of carbonyl (C=O) groups is 5. The molecule has 11 nitrogen and oxygen atoms in total. The molecule has 0 aromatic heterocycles. The molecule has 0 rings (SSSR count). The second kappa shape index (κ2) is 12.2. The zero-order valence-electron chi connectivity index (χ0n) is 19.4. The molecule has 0 saturated carbocycles. The molecule has 178 valence electrons. The number of ether oxygens (including phenoxy) is 1. The zero-order valence-corrected chi connectivity index (χ0v) is 19.4. The molecule has 0 aromatic rings. The van der Waals surface area contributed by atoms with Crippen molar-refractivity contribution < 1.29 is 28.7 Å². The summed E-state index contributed by atoms with van der Waals surface area (Å²) >= 11 is 0. The molecule has 7 N–H and O–H groups in total. The zero-order chi connectivity index (χ0) is 24.5. The molecular formula is C20H37N5O6. The standard InChI is InChI=1S/C20H37N5O6/c1-10(2)15(17(22)28)24-13(26)9-23-19(30)16(11(3)4)25-18(29)12(21)8-14(27)31-20(5,6)7/h10-12,15-16H,8-9,21H2,1-7H3,(H2,22,28)(H,23,30)(H,24,26)(H,25,29)/t12-,15-,16-/m0/s1. The molecule has 0 heterocycles. The maximum Gasteiger partial charge on any atom is 0.308 e. The molecule has 0 aliphatic carbocycles. The van der Waals surface area contributed by atoms with Crippen molar-refractivity contribution in [3.63, 3.8) is 0 Å². The van der Waals surface area contributed by atoms with E-state index in [1.807, 2.05) is 0 Å². The van der Waals surface area contributed by atoms with Gasteiger partial charge in [0.25, 0.3) is 0 Å². The van der Waals surface area contributed by atoms with Crippen LogP contribution in [-0.4, -0.2) is 59.9 Å². The predicted octanol–water partition coefficient (Wildman–Crippen LogP) is -1.07. The van der Waals surface area contributed by atoms with Crippen LogP contribution in [0.25, 0.3) is 0 Å². The minimum absolute atomic E-state index is 0.216. The number of primary amides is 1. The summed E-state index contributed by atoms with van der Waals surface area (Å²) in [6.07, 6.45) is -0.346. The highest BCUT2D eigenvalue weighted by atomic mass is 16.6. The van der Waals surface area contributed by atoms with Crippen molar-refractivity contribution in [2.24, 2.45) is 23.3 Å². The number of hydrogen-bond acceptors (Lipinski definition) is 7. The van der Waals surface area contributed by atoms with Gasteiger partial charge in [-0.2, -0.15) is 0 Å². The average Bonchev–Trinajstić information content (AvgIpc) is 2.59. The molecule has 4 amide bonds. The Bertz CT molecular complexity index is 671. The molecule has 0 radical (unpaired) electrons. The predicted molar refractivity (Wildman–Crippen MR) is 114 cm³/mol. The van der Waals surface area contributed by atoms with Gasteiger partial charge in [0.15, 0.2) is 0 Å². The molecule has 0 aromatic carbocycles. The summed E-state index contributed by atoms with van der Waals surface area (Å²) in [6.45, 7) is 11.5. The van der Waals surface area contributed by atoms with Crippen molar-refractivity contribution in [3.8, 4) is 0 Å².